The first-order valence-corrected chi connectivity index (χ1v) is 8.26. The lowest BCUT2D eigenvalue weighted by Crippen LogP contribution is -2.14. The number of rotatable bonds is 4. The van der Waals surface area contributed by atoms with Gasteiger partial charge in [-0.25, -0.2) is 13.4 Å². The van der Waals surface area contributed by atoms with Gasteiger partial charge >= 0.3 is 0 Å². The molecule has 9 heteroatoms. The lowest BCUT2D eigenvalue weighted by Gasteiger charge is -2.11. The summed E-state index contributed by atoms with van der Waals surface area (Å²) in [6, 6.07) is 5.75. The van der Waals surface area contributed by atoms with Crippen molar-refractivity contribution in [1.82, 2.24) is 4.98 Å². The predicted molar refractivity (Wildman–Crippen MR) is 86.1 cm³/mol. The predicted octanol–water partition coefficient (Wildman–Crippen LogP) is 3.88. The lowest BCUT2D eigenvalue weighted by atomic mass is 10.3. The molecule has 0 fully saturated rings. The lowest BCUT2D eigenvalue weighted by molar-refractivity contribution is 0.601. The highest BCUT2D eigenvalue weighted by Gasteiger charge is 2.18. The van der Waals surface area contributed by atoms with Crippen LogP contribution in [0, 0.1) is 0 Å². The maximum absolute atomic E-state index is 12.3. The molecule has 0 saturated heterocycles. The molecule has 1 aromatic carbocycles. The van der Waals surface area contributed by atoms with Gasteiger partial charge in [-0.05, 0) is 24.3 Å². The third kappa shape index (κ3) is 3.71. The summed E-state index contributed by atoms with van der Waals surface area (Å²) >= 11 is 17.7. The monoisotopic (exact) mass is 365 g/mol. The standard InChI is InChI=1S/C12H10Cl3N3O2S/c1-16-11-3-2-8(6-17-11)21(19,20)18-12-9(14)4-7(13)5-10(12)15/h2-6,18H,1H3,(H,16,17). The highest BCUT2D eigenvalue weighted by atomic mass is 35.5. The Kier molecular flexibility index (Phi) is 4.83. The molecule has 0 atom stereocenters. The van der Waals surface area contributed by atoms with E-state index in [9.17, 15) is 8.42 Å². The van der Waals surface area contributed by atoms with E-state index in [2.05, 4.69) is 15.0 Å². The van der Waals surface area contributed by atoms with Gasteiger partial charge in [0.1, 0.15) is 10.7 Å². The van der Waals surface area contributed by atoms with Crippen molar-refractivity contribution < 1.29 is 8.42 Å². The van der Waals surface area contributed by atoms with E-state index in [1.807, 2.05) is 0 Å². The molecule has 2 rings (SSSR count). The van der Waals surface area contributed by atoms with E-state index in [1.54, 1.807) is 13.1 Å². The molecule has 21 heavy (non-hydrogen) atoms. The molecule has 0 radical (unpaired) electrons. The van der Waals surface area contributed by atoms with Gasteiger partial charge in [0.15, 0.2) is 0 Å². The number of hydrogen-bond donors (Lipinski definition) is 2. The second-order valence-corrected chi connectivity index (χ2v) is 6.91. The summed E-state index contributed by atoms with van der Waals surface area (Å²) in [6.45, 7) is 0. The van der Waals surface area contributed by atoms with Gasteiger partial charge in [-0.2, -0.15) is 0 Å². The molecule has 0 aliphatic rings. The quantitative estimate of drug-likeness (QED) is 0.861. The van der Waals surface area contributed by atoms with Crippen LogP contribution in [0.5, 0.6) is 0 Å². The number of aromatic nitrogens is 1. The van der Waals surface area contributed by atoms with Crippen molar-refractivity contribution in [1.29, 1.82) is 0 Å². The van der Waals surface area contributed by atoms with Crippen LogP contribution in [0.15, 0.2) is 35.4 Å². The minimum atomic E-state index is -3.85. The molecule has 0 amide bonds. The Morgan fingerprint density at radius 2 is 1.71 bits per heavy atom. The van der Waals surface area contributed by atoms with Crippen LogP contribution in [0.4, 0.5) is 11.5 Å². The largest absolute Gasteiger partial charge is 0.373 e. The maximum Gasteiger partial charge on any atom is 0.263 e. The Bertz CT molecular complexity index is 741. The topological polar surface area (TPSA) is 71.1 Å². The van der Waals surface area contributed by atoms with Gasteiger partial charge in [0.2, 0.25) is 0 Å². The molecule has 0 saturated carbocycles. The number of benzene rings is 1. The number of nitrogens with one attached hydrogen (secondary N) is 2. The van der Waals surface area contributed by atoms with Crippen LogP contribution in [-0.4, -0.2) is 20.4 Å². The number of pyridine rings is 1. The van der Waals surface area contributed by atoms with E-state index in [-0.39, 0.29) is 20.6 Å². The van der Waals surface area contributed by atoms with Crippen LogP contribution in [0.1, 0.15) is 0 Å². The summed E-state index contributed by atoms with van der Waals surface area (Å²) in [5.74, 6) is 0.552. The SMILES string of the molecule is CNc1ccc(S(=O)(=O)Nc2c(Cl)cc(Cl)cc2Cl)cn1. The summed E-state index contributed by atoms with van der Waals surface area (Å²) in [5.41, 5.74) is 0.0698. The van der Waals surface area contributed by atoms with E-state index >= 15 is 0 Å². The van der Waals surface area contributed by atoms with E-state index in [0.717, 1.165) is 0 Å². The van der Waals surface area contributed by atoms with Crippen LogP contribution >= 0.6 is 34.8 Å². The Labute approximate surface area is 137 Å². The molecule has 0 spiro atoms. The number of hydrogen-bond acceptors (Lipinski definition) is 4. The molecule has 1 aromatic heterocycles. The summed E-state index contributed by atoms with van der Waals surface area (Å²) in [6.07, 6.45) is 1.23. The van der Waals surface area contributed by atoms with E-state index in [4.69, 9.17) is 34.8 Å². The van der Waals surface area contributed by atoms with Gasteiger partial charge in [0.25, 0.3) is 10.0 Å². The van der Waals surface area contributed by atoms with Gasteiger partial charge in [-0.3, -0.25) is 4.72 Å². The number of nitrogens with zero attached hydrogens (tertiary/aromatic N) is 1. The molecule has 112 valence electrons. The molecule has 0 unspecified atom stereocenters. The van der Waals surface area contributed by atoms with Crippen molar-refractivity contribution in [2.24, 2.45) is 0 Å². The Hall–Kier alpha value is -1.21. The molecule has 5 nitrogen and oxygen atoms in total. The normalized spacial score (nSPS) is 11.2. The number of anilines is 2. The fourth-order valence-electron chi connectivity index (χ4n) is 1.52. The zero-order chi connectivity index (χ0) is 15.6. The van der Waals surface area contributed by atoms with Gasteiger partial charge < -0.3 is 5.32 Å². The minimum absolute atomic E-state index is 0.0106. The third-order valence-corrected chi connectivity index (χ3v) is 4.70. The van der Waals surface area contributed by atoms with Crippen molar-refractivity contribution in [3.63, 3.8) is 0 Å². The average molecular weight is 367 g/mol. The van der Waals surface area contributed by atoms with Gasteiger partial charge in [0, 0.05) is 18.3 Å². The molecule has 2 aromatic rings. The van der Waals surface area contributed by atoms with Crippen LogP contribution in [0.2, 0.25) is 15.1 Å². The Morgan fingerprint density at radius 1 is 1.10 bits per heavy atom. The fourth-order valence-corrected chi connectivity index (χ4v) is 3.59. The summed E-state index contributed by atoms with van der Waals surface area (Å²) in [4.78, 5) is 3.94. The molecule has 0 aliphatic heterocycles. The Balaban J connectivity index is 2.37. The first kappa shape index (κ1) is 16.2. The van der Waals surface area contributed by atoms with E-state index in [1.165, 1.54) is 24.4 Å². The van der Waals surface area contributed by atoms with Crippen molar-refractivity contribution in [3.8, 4) is 0 Å². The van der Waals surface area contributed by atoms with Crippen molar-refractivity contribution in [2.75, 3.05) is 17.1 Å². The zero-order valence-corrected chi connectivity index (χ0v) is 13.8. The molecular weight excluding hydrogens is 357 g/mol. The van der Waals surface area contributed by atoms with Gasteiger partial charge in [-0.15, -0.1) is 0 Å². The third-order valence-electron chi connectivity index (χ3n) is 2.55. The summed E-state index contributed by atoms with van der Waals surface area (Å²) in [7, 11) is -2.17. The first-order valence-electron chi connectivity index (χ1n) is 5.64. The average Bonchev–Trinajstić information content (AvgIpc) is 2.43. The second kappa shape index (κ2) is 6.27. The first-order chi connectivity index (χ1) is 9.83. The van der Waals surface area contributed by atoms with Crippen molar-refractivity contribution in [3.05, 3.63) is 45.5 Å². The second-order valence-electron chi connectivity index (χ2n) is 3.98. The van der Waals surface area contributed by atoms with E-state index < -0.39 is 10.0 Å². The number of halogens is 3. The molecule has 1 heterocycles. The minimum Gasteiger partial charge on any atom is -0.373 e. The smallest absolute Gasteiger partial charge is 0.263 e. The van der Waals surface area contributed by atoms with Crippen molar-refractivity contribution in [2.45, 2.75) is 4.90 Å². The summed E-state index contributed by atoms with van der Waals surface area (Å²) in [5, 5.41) is 3.32. The van der Waals surface area contributed by atoms with E-state index in [0.29, 0.717) is 10.8 Å². The fraction of sp³-hybridized carbons (Fsp3) is 0.0833. The van der Waals surface area contributed by atoms with Gasteiger partial charge in [0.05, 0.1) is 15.7 Å². The molecule has 2 N–H and O–H groups in total. The van der Waals surface area contributed by atoms with Crippen LogP contribution in [0.25, 0.3) is 0 Å². The van der Waals surface area contributed by atoms with Crippen LogP contribution in [-0.2, 0) is 10.0 Å². The maximum atomic E-state index is 12.3. The Morgan fingerprint density at radius 3 is 2.19 bits per heavy atom. The highest BCUT2D eigenvalue weighted by molar-refractivity contribution is 7.92. The summed E-state index contributed by atoms with van der Waals surface area (Å²) < 4.78 is 26.9. The van der Waals surface area contributed by atoms with Gasteiger partial charge in [-0.1, -0.05) is 34.8 Å². The highest BCUT2D eigenvalue weighted by Crippen LogP contribution is 2.35. The van der Waals surface area contributed by atoms with Crippen LogP contribution < -0.4 is 10.0 Å². The zero-order valence-electron chi connectivity index (χ0n) is 10.7. The van der Waals surface area contributed by atoms with Crippen LogP contribution in [0.3, 0.4) is 0 Å². The number of sulfonamides is 1. The van der Waals surface area contributed by atoms with Crippen molar-refractivity contribution >= 4 is 56.3 Å². The molecule has 0 bridgehead atoms. The molecule has 0 aliphatic carbocycles. The molecular formula is C12H10Cl3N3O2S.